The quantitative estimate of drug-likeness (QED) is 0.314. The highest BCUT2D eigenvalue weighted by Gasteiger charge is 2.54. The summed E-state index contributed by atoms with van der Waals surface area (Å²) in [5.74, 6) is -1.03. The molecule has 1 rings (SSSR count). The molecule has 22 heavy (non-hydrogen) atoms. The molecule has 2 atom stereocenters. The van der Waals surface area contributed by atoms with Crippen molar-refractivity contribution in [3.63, 3.8) is 0 Å². The van der Waals surface area contributed by atoms with Gasteiger partial charge in [0.05, 0.1) is 6.54 Å². The first-order valence-corrected chi connectivity index (χ1v) is 6.95. The molecule has 0 saturated carbocycles. The lowest BCUT2D eigenvalue weighted by Gasteiger charge is -2.32. The maximum Gasteiger partial charge on any atom is 0.327 e. The number of amides is 3. The molecule has 0 spiro atoms. The fourth-order valence-corrected chi connectivity index (χ4v) is 2.27. The molecule has 0 bridgehead atoms. The Morgan fingerprint density at radius 2 is 1.95 bits per heavy atom. The molecular formula is C17H22N2O3. The van der Waals surface area contributed by atoms with Crippen LogP contribution in [-0.2, 0) is 9.59 Å². The molecule has 0 radical (unpaired) electrons. The molecule has 1 heterocycles. The van der Waals surface area contributed by atoms with Crippen LogP contribution in [0.3, 0.4) is 0 Å². The Labute approximate surface area is 131 Å². The summed E-state index contributed by atoms with van der Waals surface area (Å²) in [4.78, 5) is 39.3. The normalized spacial score (nSPS) is 23.0. The zero-order chi connectivity index (χ0) is 17.1. The van der Waals surface area contributed by atoms with Gasteiger partial charge in [-0.1, -0.05) is 44.4 Å². The fourth-order valence-electron chi connectivity index (χ4n) is 2.27. The summed E-state index contributed by atoms with van der Waals surface area (Å²) in [6.45, 7) is 14.0. The third kappa shape index (κ3) is 2.79. The molecule has 3 amide bonds. The van der Waals surface area contributed by atoms with Gasteiger partial charge >= 0.3 is 6.03 Å². The standard InChI is InChI=1S/C17H22N2O3/c1-7-9-10-12(3)14(20)11-19-15(21)17(5,13(4)8-2)18(6)16(19)22/h7-10,13H,1-3,11H2,4-6H3/b10-9-. The highest BCUT2D eigenvalue weighted by Crippen LogP contribution is 2.33. The molecule has 1 saturated heterocycles. The van der Waals surface area contributed by atoms with Crippen molar-refractivity contribution in [3.8, 4) is 0 Å². The number of urea groups is 1. The SMILES string of the molecule is C=C/C=C\C(=C)C(=O)CN1C(=O)N(C)C(C)(C(C)C=C)C1=O. The van der Waals surface area contributed by atoms with Gasteiger partial charge in [-0.3, -0.25) is 14.5 Å². The maximum absolute atomic E-state index is 12.6. The van der Waals surface area contributed by atoms with Gasteiger partial charge in [-0.25, -0.2) is 4.79 Å². The van der Waals surface area contributed by atoms with E-state index in [4.69, 9.17) is 0 Å². The number of imide groups is 1. The summed E-state index contributed by atoms with van der Waals surface area (Å²) in [6, 6.07) is -0.491. The zero-order valence-corrected chi connectivity index (χ0v) is 13.3. The number of ketones is 1. The van der Waals surface area contributed by atoms with Crippen molar-refractivity contribution in [2.24, 2.45) is 5.92 Å². The van der Waals surface area contributed by atoms with E-state index in [2.05, 4.69) is 19.7 Å². The first kappa shape index (κ1) is 17.6. The number of hydrogen-bond acceptors (Lipinski definition) is 3. The number of carbonyl (C=O) groups excluding carboxylic acids is 3. The molecule has 0 aromatic rings. The topological polar surface area (TPSA) is 57.7 Å². The van der Waals surface area contributed by atoms with Crippen LogP contribution in [0.5, 0.6) is 0 Å². The summed E-state index contributed by atoms with van der Waals surface area (Å²) in [5, 5.41) is 0. The minimum Gasteiger partial charge on any atom is -0.312 e. The first-order chi connectivity index (χ1) is 10.2. The van der Waals surface area contributed by atoms with Gasteiger partial charge in [0, 0.05) is 18.5 Å². The van der Waals surface area contributed by atoms with Crippen molar-refractivity contribution < 1.29 is 14.4 Å². The number of rotatable bonds is 7. The second-order valence-corrected chi connectivity index (χ2v) is 5.45. The summed E-state index contributed by atoms with van der Waals surface area (Å²) < 4.78 is 0. The van der Waals surface area contributed by atoms with Crippen molar-refractivity contribution in [3.05, 3.63) is 49.6 Å². The Kier molecular flexibility index (Phi) is 5.25. The van der Waals surface area contributed by atoms with Crippen molar-refractivity contribution in [1.82, 2.24) is 9.80 Å². The molecule has 0 N–H and O–H groups in total. The predicted octanol–water partition coefficient (Wildman–Crippen LogP) is 2.33. The third-order valence-electron chi connectivity index (χ3n) is 4.23. The van der Waals surface area contributed by atoms with Crippen LogP contribution in [0.4, 0.5) is 4.79 Å². The Bertz CT molecular complexity index is 576. The molecule has 1 aliphatic rings. The molecule has 0 aromatic carbocycles. The van der Waals surface area contributed by atoms with Gasteiger partial charge in [0.15, 0.2) is 5.78 Å². The number of Topliss-reactive ketones (excluding diaryl/α,β-unsaturated/α-hetero) is 1. The van der Waals surface area contributed by atoms with Crippen molar-refractivity contribution >= 4 is 17.7 Å². The summed E-state index contributed by atoms with van der Waals surface area (Å²) in [6.07, 6.45) is 6.21. The summed E-state index contributed by atoms with van der Waals surface area (Å²) in [7, 11) is 1.55. The third-order valence-corrected chi connectivity index (χ3v) is 4.23. The van der Waals surface area contributed by atoms with Gasteiger partial charge in [-0.2, -0.15) is 0 Å². The molecule has 2 unspecified atom stereocenters. The van der Waals surface area contributed by atoms with Crippen LogP contribution in [0.15, 0.2) is 49.6 Å². The summed E-state index contributed by atoms with van der Waals surface area (Å²) in [5.41, 5.74) is -0.814. The van der Waals surface area contributed by atoms with Crippen molar-refractivity contribution in [2.45, 2.75) is 19.4 Å². The van der Waals surface area contributed by atoms with E-state index >= 15 is 0 Å². The van der Waals surface area contributed by atoms with Crippen LogP contribution in [-0.4, -0.2) is 46.7 Å². The van der Waals surface area contributed by atoms with Crippen LogP contribution < -0.4 is 0 Å². The van der Waals surface area contributed by atoms with E-state index in [1.165, 1.54) is 17.1 Å². The van der Waals surface area contributed by atoms with Gasteiger partial charge in [0.25, 0.3) is 5.91 Å². The molecule has 5 heteroatoms. The smallest absolute Gasteiger partial charge is 0.312 e. The number of allylic oxidation sites excluding steroid dienone is 3. The van der Waals surface area contributed by atoms with Crippen LogP contribution in [0.2, 0.25) is 0 Å². The molecule has 0 aliphatic carbocycles. The van der Waals surface area contributed by atoms with E-state index < -0.39 is 17.5 Å². The van der Waals surface area contributed by atoms with E-state index in [0.29, 0.717) is 0 Å². The van der Waals surface area contributed by atoms with E-state index in [9.17, 15) is 14.4 Å². The summed E-state index contributed by atoms with van der Waals surface area (Å²) >= 11 is 0. The van der Waals surface area contributed by atoms with Gasteiger partial charge in [0.2, 0.25) is 0 Å². The second kappa shape index (κ2) is 6.56. The molecule has 1 aliphatic heterocycles. The van der Waals surface area contributed by atoms with Crippen LogP contribution >= 0.6 is 0 Å². The van der Waals surface area contributed by atoms with Crippen LogP contribution in [0, 0.1) is 5.92 Å². The Balaban J connectivity index is 3.01. The predicted molar refractivity (Wildman–Crippen MR) is 86.1 cm³/mol. The average molecular weight is 302 g/mol. The van der Waals surface area contributed by atoms with Gasteiger partial charge in [0.1, 0.15) is 5.54 Å². The number of hydrogen-bond donors (Lipinski definition) is 0. The van der Waals surface area contributed by atoms with E-state index in [0.717, 1.165) is 4.90 Å². The average Bonchev–Trinajstić information content (AvgIpc) is 2.67. The minimum atomic E-state index is -1.03. The maximum atomic E-state index is 12.6. The first-order valence-electron chi connectivity index (χ1n) is 6.95. The molecule has 5 nitrogen and oxygen atoms in total. The largest absolute Gasteiger partial charge is 0.327 e. The Morgan fingerprint density at radius 3 is 2.45 bits per heavy atom. The van der Waals surface area contributed by atoms with Crippen molar-refractivity contribution in [1.29, 1.82) is 0 Å². The number of likely N-dealkylation sites (N-methyl/N-ethyl adjacent to an activating group) is 1. The lowest BCUT2D eigenvalue weighted by molar-refractivity contribution is -0.135. The fraction of sp³-hybridized carbons (Fsp3) is 0.353. The van der Waals surface area contributed by atoms with Crippen LogP contribution in [0.25, 0.3) is 0 Å². The van der Waals surface area contributed by atoms with Crippen LogP contribution in [0.1, 0.15) is 13.8 Å². The second-order valence-electron chi connectivity index (χ2n) is 5.45. The van der Waals surface area contributed by atoms with E-state index in [1.807, 2.05) is 6.92 Å². The number of carbonyl (C=O) groups is 3. The van der Waals surface area contributed by atoms with Gasteiger partial charge < -0.3 is 4.90 Å². The van der Waals surface area contributed by atoms with E-state index in [-0.39, 0.29) is 23.8 Å². The lowest BCUT2D eigenvalue weighted by atomic mass is 9.86. The Hall–Kier alpha value is -2.43. The monoisotopic (exact) mass is 302 g/mol. The zero-order valence-electron chi connectivity index (χ0n) is 13.3. The molecule has 1 fully saturated rings. The molecule has 0 aromatic heterocycles. The lowest BCUT2D eigenvalue weighted by Crippen LogP contribution is -2.49. The minimum absolute atomic E-state index is 0.216. The molecule has 118 valence electrons. The highest BCUT2D eigenvalue weighted by molar-refractivity contribution is 6.11. The Morgan fingerprint density at radius 1 is 1.36 bits per heavy atom. The van der Waals surface area contributed by atoms with E-state index in [1.54, 1.807) is 26.1 Å². The number of nitrogens with zero attached hydrogens (tertiary/aromatic N) is 2. The van der Waals surface area contributed by atoms with Crippen molar-refractivity contribution in [2.75, 3.05) is 13.6 Å². The van der Waals surface area contributed by atoms with Gasteiger partial charge in [-0.15, -0.1) is 6.58 Å². The highest BCUT2D eigenvalue weighted by atomic mass is 16.2. The van der Waals surface area contributed by atoms with Gasteiger partial charge in [-0.05, 0) is 6.92 Å². The molecular weight excluding hydrogens is 280 g/mol.